The Morgan fingerprint density at radius 1 is 1.28 bits per heavy atom. The summed E-state index contributed by atoms with van der Waals surface area (Å²) >= 11 is 1.77. The van der Waals surface area contributed by atoms with Crippen molar-refractivity contribution in [1.29, 1.82) is 0 Å². The molecule has 0 aromatic heterocycles. The molecule has 3 nitrogen and oxygen atoms in total. The fraction of sp³-hybridized carbons (Fsp3) is 0.571. The predicted molar refractivity (Wildman–Crippen MR) is 77.0 cm³/mol. The van der Waals surface area contributed by atoms with Crippen LogP contribution in [0.5, 0.6) is 0 Å². The molecule has 1 aliphatic heterocycles. The highest BCUT2D eigenvalue weighted by Gasteiger charge is 2.23. The molecule has 1 aromatic carbocycles. The lowest BCUT2D eigenvalue weighted by molar-refractivity contribution is 0.0540. The average Bonchev–Trinajstić information content (AvgIpc) is 2.42. The first-order valence-electron chi connectivity index (χ1n) is 6.39. The lowest BCUT2D eigenvalue weighted by Crippen LogP contribution is -2.52. The topological polar surface area (TPSA) is 26.7 Å². The molecular formula is C14H22N2OS. The van der Waals surface area contributed by atoms with E-state index in [1.54, 1.807) is 11.8 Å². The molecule has 1 aromatic rings. The van der Waals surface area contributed by atoms with Crippen molar-refractivity contribution < 1.29 is 5.11 Å². The Labute approximate surface area is 114 Å². The average molecular weight is 266 g/mol. The van der Waals surface area contributed by atoms with Crippen molar-refractivity contribution in [1.82, 2.24) is 9.80 Å². The minimum atomic E-state index is 0.248. The third kappa shape index (κ3) is 3.48. The second-order valence-electron chi connectivity index (χ2n) is 4.90. The summed E-state index contributed by atoms with van der Waals surface area (Å²) in [6, 6.07) is 9.05. The van der Waals surface area contributed by atoms with Crippen LogP contribution < -0.4 is 0 Å². The Balaban J connectivity index is 1.92. The highest BCUT2D eigenvalue weighted by Crippen LogP contribution is 2.17. The van der Waals surface area contributed by atoms with Crippen LogP contribution in [0.1, 0.15) is 5.56 Å². The number of nitrogens with zero attached hydrogens (tertiary/aromatic N) is 2. The second-order valence-corrected chi connectivity index (χ2v) is 5.78. The van der Waals surface area contributed by atoms with Crippen LogP contribution in [0.15, 0.2) is 29.2 Å². The standard InChI is InChI=1S/C14H22N2OS/c1-15-7-8-16(10-13(15)11-17)9-12-3-5-14(18-2)6-4-12/h3-6,13,17H,7-11H2,1-2H3. The van der Waals surface area contributed by atoms with Crippen LogP contribution in [-0.2, 0) is 6.54 Å². The van der Waals surface area contributed by atoms with Crippen molar-refractivity contribution in [3.63, 3.8) is 0 Å². The van der Waals surface area contributed by atoms with Crippen molar-refractivity contribution in [2.24, 2.45) is 0 Å². The quantitative estimate of drug-likeness (QED) is 0.836. The van der Waals surface area contributed by atoms with E-state index in [1.165, 1.54) is 10.5 Å². The molecule has 1 saturated heterocycles. The molecule has 1 fully saturated rings. The van der Waals surface area contributed by atoms with Gasteiger partial charge in [-0.15, -0.1) is 11.8 Å². The molecule has 1 N–H and O–H groups in total. The number of piperazine rings is 1. The van der Waals surface area contributed by atoms with E-state index in [-0.39, 0.29) is 12.6 Å². The number of thioether (sulfide) groups is 1. The Hall–Kier alpha value is -0.550. The highest BCUT2D eigenvalue weighted by molar-refractivity contribution is 7.98. The molecule has 0 radical (unpaired) electrons. The van der Waals surface area contributed by atoms with Gasteiger partial charge in [0.25, 0.3) is 0 Å². The first-order chi connectivity index (χ1) is 8.72. The molecule has 2 rings (SSSR count). The van der Waals surface area contributed by atoms with Gasteiger partial charge in [-0.2, -0.15) is 0 Å². The van der Waals surface area contributed by atoms with Gasteiger partial charge in [0.2, 0.25) is 0 Å². The van der Waals surface area contributed by atoms with E-state index >= 15 is 0 Å². The zero-order valence-corrected chi connectivity index (χ0v) is 12.0. The van der Waals surface area contributed by atoms with Gasteiger partial charge in [-0.05, 0) is 31.0 Å². The van der Waals surface area contributed by atoms with Crippen LogP contribution in [0.2, 0.25) is 0 Å². The Morgan fingerprint density at radius 3 is 2.61 bits per heavy atom. The number of likely N-dealkylation sites (N-methyl/N-ethyl adjacent to an activating group) is 1. The molecule has 1 unspecified atom stereocenters. The zero-order chi connectivity index (χ0) is 13.0. The molecule has 0 bridgehead atoms. The third-order valence-corrected chi connectivity index (χ3v) is 4.38. The van der Waals surface area contributed by atoms with E-state index in [0.29, 0.717) is 0 Å². The van der Waals surface area contributed by atoms with Crippen molar-refractivity contribution in [3.05, 3.63) is 29.8 Å². The van der Waals surface area contributed by atoms with E-state index in [1.807, 2.05) is 0 Å². The monoisotopic (exact) mass is 266 g/mol. The third-order valence-electron chi connectivity index (χ3n) is 3.64. The predicted octanol–water partition coefficient (Wildman–Crippen LogP) is 1.52. The summed E-state index contributed by atoms with van der Waals surface area (Å²) < 4.78 is 0. The SMILES string of the molecule is CSc1ccc(CN2CCN(C)C(CO)C2)cc1. The molecule has 0 amide bonds. The molecule has 100 valence electrons. The molecule has 4 heteroatoms. The Bertz CT molecular complexity index is 369. The van der Waals surface area contributed by atoms with Crippen molar-refractivity contribution in [2.45, 2.75) is 17.5 Å². The van der Waals surface area contributed by atoms with Gasteiger partial charge in [-0.3, -0.25) is 9.80 Å². The van der Waals surface area contributed by atoms with E-state index in [9.17, 15) is 5.11 Å². The summed E-state index contributed by atoms with van der Waals surface area (Å²) in [6.07, 6.45) is 2.10. The fourth-order valence-electron chi connectivity index (χ4n) is 2.34. The van der Waals surface area contributed by atoms with Gasteiger partial charge in [0.05, 0.1) is 6.61 Å². The van der Waals surface area contributed by atoms with Crippen LogP contribution in [0.4, 0.5) is 0 Å². The molecule has 0 aliphatic carbocycles. The molecule has 1 heterocycles. The van der Waals surface area contributed by atoms with Gasteiger partial charge in [0, 0.05) is 37.1 Å². The van der Waals surface area contributed by atoms with Crippen molar-refractivity contribution in [2.75, 3.05) is 39.5 Å². The molecular weight excluding hydrogens is 244 g/mol. The van der Waals surface area contributed by atoms with Crippen LogP contribution in [0, 0.1) is 0 Å². The van der Waals surface area contributed by atoms with E-state index < -0.39 is 0 Å². The minimum Gasteiger partial charge on any atom is -0.395 e. The summed E-state index contributed by atoms with van der Waals surface area (Å²) in [4.78, 5) is 5.98. The molecule has 18 heavy (non-hydrogen) atoms. The summed E-state index contributed by atoms with van der Waals surface area (Å²) in [6.45, 7) is 4.31. The molecule has 1 atom stereocenters. The van der Waals surface area contributed by atoms with Crippen LogP contribution in [0.25, 0.3) is 0 Å². The number of hydrogen-bond acceptors (Lipinski definition) is 4. The highest BCUT2D eigenvalue weighted by atomic mass is 32.2. The van der Waals surface area contributed by atoms with Gasteiger partial charge in [-0.25, -0.2) is 0 Å². The van der Waals surface area contributed by atoms with E-state index in [4.69, 9.17) is 0 Å². The normalized spacial score (nSPS) is 22.3. The smallest absolute Gasteiger partial charge is 0.0599 e. The maximum Gasteiger partial charge on any atom is 0.0599 e. The summed E-state index contributed by atoms with van der Waals surface area (Å²) in [7, 11) is 2.09. The number of aliphatic hydroxyl groups excluding tert-OH is 1. The Morgan fingerprint density at radius 2 is 2.00 bits per heavy atom. The second kappa shape index (κ2) is 6.57. The number of aliphatic hydroxyl groups is 1. The molecule has 0 spiro atoms. The van der Waals surface area contributed by atoms with Crippen LogP contribution >= 0.6 is 11.8 Å². The lowest BCUT2D eigenvalue weighted by atomic mass is 10.1. The first-order valence-corrected chi connectivity index (χ1v) is 7.62. The maximum absolute atomic E-state index is 9.34. The fourth-order valence-corrected chi connectivity index (χ4v) is 2.75. The zero-order valence-electron chi connectivity index (χ0n) is 11.2. The molecule has 0 saturated carbocycles. The van der Waals surface area contributed by atoms with Gasteiger partial charge < -0.3 is 5.11 Å². The lowest BCUT2D eigenvalue weighted by Gasteiger charge is -2.38. The summed E-state index contributed by atoms with van der Waals surface area (Å²) in [5, 5.41) is 9.34. The van der Waals surface area contributed by atoms with Gasteiger partial charge >= 0.3 is 0 Å². The van der Waals surface area contributed by atoms with Crippen LogP contribution in [-0.4, -0.2) is 60.5 Å². The van der Waals surface area contributed by atoms with Crippen molar-refractivity contribution >= 4 is 11.8 Å². The summed E-state index contributed by atoms with van der Waals surface area (Å²) in [5.74, 6) is 0. The van der Waals surface area contributed by atoms with Crippen molar-refractivity contribution in [3.8, 4) is 0 Å². The first kappa shape index (κ1) is 13.9. The van der Waals surface area contributed by atoms with Gasteiger partial charge in [0.1, 0.15) is 0 Å². The Kier molecular flexibility index (Phi) is 5.06. The van der Waals surface area contributed by atoms with Gasteiger partial charge in [0.15, 0.2) is 0 Å². The summed E-state index contributed by atoms with van der Waals surface area (Å²) in [5.41, 5.74) is 1.36. The number of hydrogen-bond donors (Lipinski definition) is 1. The van der Waals surface area contributed by atoms with E-state index in [0.717, 1.165) is 26.2 Å². The van der Waals surface area contributed by atoms with E-state index in [2.05, 4.69) is 47.4 Å². The minimum absolute atomic E-state index is 0.248. The largest absolute Gasteiger partial charge is 0.395 e. The van der Waals surface area contributed by atoms with Crippen LogP contribution in [0.3, 0.4) is 0 Å². The maximum atomic E-state index is 9.34. The van der Waals surface area contributed by atoms with Gasteiger partial charge in [-0.1, -0.05) is 12.1 Å². The number of rotatable bonds is 4. The molecule has 1 aliphatic rings. The number of benzene rings is 1.